The topological polar surface area (TPSA) is 42.4 Å². The Bertz CT molecular complexity index is 861. The highest BCUT2D eigenvalue weighted by Gasteiger charge is 2.16. The van der Waals surface area contributed by atoms with E-state index in [1.54, 1.807) is 6.07 Å². The predicted octanol–water partition coefficient (Wildman–Crippen LogP) is 6.33. The van der Waals surface area contributed by atoms with E-state index >= 15 is 0 Å². The number of aromatic nitrogens is 1. The molecule has 0 saturated heterocycles. The maximum Gasteiger partial charge on any atom is 0.141 e. The summed E-state index contributed by atoms with van der Waals surface area (Å²) < 4.78 is 6.32. The summed E-state index contributed by atoms with van der Waals surface area (Å²) in [7, 11) is 0. The van der Waals surface area contributed by atoms with Gasteiger partial charge in [-0.3, -0.25) is 0 Å². The fraction of sp³-hybridized carbons (Fsp3) is 0.292. The van der Waals surface area contributed by atoms with Crippen LogP contribution < -0.4 is 4.74 Å². The van der Waals surface area contributed by atoms with E-state index in [0.717, 1.165) is 53.9 Å². The number of aromatic hydroxyl groups is 1. The number of hydrogen-bond donors (Lipinski definition) is 1. The molecule has 3 heteroatoms. The van der Waals surface area contributed by atoms with Gasteiger partial charge in [0.15, 0.2) is 0 Å². The predicted molar refractivity (Wildman–Crippen MR) is 110 cm³/mol. The summed E-state index contributed by atoms with van der Waals surface area (Å²) in [4.78, 5) is 4.88. The van der Waals surface area contributed by atoms with E-state index in [0.29, 0.717) is 5.75 Å². The molecule has 1 atom stereocenters. The molecule has 0 radical (unpaired) electrons. The Kier molecular flexibility index (Phi) is 6.48. The van der Waals surface area contributed by atoms with Crippen LogP contribution in [0.25, 0.3) is 11.3 Å². The zero-order chi connectivity index (χ0) is 19.1. The number of phenols is 1. The van der Waals surface area contributed by atoms with Crippen molar-refractivity contribution in [1.82, 2.24) is 4.98 Å². The quantitative estimate of drug-likeness (QED) is 0.510. The van der Waals surface area contributed by atoms with E-state index in [-0.39, 0.29) is 6.10 Å². The van der Waals surface area contributed by atoms with Crippen LogP contribution in [-0.2, 0) is 6.42 Å². The largest absolute Gasteiger partial charge is 0.508 e. The zero-order valence-electron chi connectivity index (χ0n) is 16.1. The van der Waals surface area contributed by atoms with Crippen molar-refractivity contribution in [3.8, 4) is 22.8 Å². The van der Waals surface area contributed by atoms with Gasteiger partial charge in [0.05, 0.1) is 11.4 Å². The van der Waals surface area contributed by atoms with Crippen LogP contribution in [0.4, 0.5) is 0 Å². The van der Waals surface area contributed by atoms with Crippen molar-refractivity contribution in [1.29, 1.82) is 0 Å². The van der Waals surface area contributed by atoms with Gasteiger partial charge in [-0.25, -0.2) is 4.98 Å². The van der Waals surface area contributed by atoms with Crippen molar-refractivity contribution in [2.45, 2.75) is 45.6 Å². The molecule has 2 aromatic carbocycles. The molecule has 1 unspecified atom stereocenters. The monoisotopic (exact) mass is 361 g/mol. The molecule has 3 rings (SSSR count). The summed E-state index contributed by atoms with van der Waals surface area (Å²) in [6.07, 6.45) is 3.74. The summed E-state index contributed by atoms with van der Waals surface area (Å²) in [5.41, 5.74) is 3.90. The molecule has 3 aromatic rings. The van der Waals surface area contributed by atoms with Crippen molar-refractivity contribution in [3.63, 3.8) is 0 Å². The molecule has 0 amide bonds. The Morgan fingerprint density at radius 1 is 0.963 bits per heavy atom. The number of unbranched alkanes of at least 4 members (excludes halogenated alkanes) is 1. The Hall–Kier alpha value is -2.81. The van der Waals surface area contributed by atoms with Gasteiger partial charge in [0, 0.05) is 5.56 Å². The summed E-state index contributed by atoms with van der Waals surface area (Å²) >= 11 is 0. The molecule has 3 nitrogen and oxygen atoms in total. The van der Waals surface area contributed by atoms with Crippen LogP contribution in [0.3, 0.4) is 0 Å². The lowest BCUT2D eigenvalue weighted by molar-refractivity contribution is 0.186. The molecular weight excluding hydrogens is 334 g/mol. The summed E-state index contributed by atoms with van der Waals surface area (Å²) in [5.74, 6) is 1.09. The number of benzene rings is 2. The van der Waals surface area contributed by atoms with Crippen molar-refractivity contribution in [2.24, 2.45) is 0 Å². The molecule has 0 saturated carbocycles. The molecule has 1 N–H and O–H groups in total. The van der Waals surface area contributed by atoms with Crippen LogP contribution in [0.2, 0.25) is 0 Å². The summed E-state index contributed by atoms with van der Waals surface area (Å²) in [5, 5.41) is 9.92. The van der Waals surface area contributed by atoms with Gasteiger partial charge in [-0.1, -0.05) is 56.7 Å². The van der Waals surface area contributed by atoms with E-state index in [9.17, 15) is 5.11 Å². The van der Waals surface area contributed by atoms with Gasteiger partial charge in [-0.2, -0.15) is 0 Å². The van der Waals surface area contributed by atoms with Gasteiger partial charge in [0.2, 0.25) is 0 Å². The molecule has 0 aliphatic carbocycles. The van der Waals surface area contributed by atoms with Gasteiger partial charge in [-0.05, 0) is 55.2 Å². The Balaban J connectivity index is 1.88. The number of hydrogen-bond acceptors (Lipinski definition) is 3. The standard InChI is InChI=1S/C24H27NO2/c1-3-5-14-24(27-20-15-16-23(26)18(4-2)17-20)22-13-9-12-21(25-22)19-10-7-6-8-11-19/h6-13,15-17,24,26H,3-5,14H2,1-2H3. The molecule has 0 aliphatic rings. The molecule has 1 aromatic heterocycles. The van der Waals surface area contributed by atoms with Gasteiger partial charge < -0.3 is 9.84 Å². The van der Waals surface area contributed by atoms with Crippen LogP contribution in [0.15, 0.2) is 66.7 Å². The van der Waals surface area contributed by atoms with Gasteiger partial charge in [0.1, 0.15) is 17.6 Å². The number of aryl methyl sites for hydroxylation is 1. The van der Waals surface area contributed by atoms with Crippen LogP contribution in [0.5, 0.6) is 11.5 Å². The van der Waals surface area contributed by atoms with Gasteiger partial charge in [0.25, 0.3) is 0 Å². The van der Waals surface area contributed by atoms with Crippen LogP contribution in [0, 0.1) is 0 Å². The van der Waals surface area contributed by atoms with E-state index in [4.69, 9.17) is 9.72 Å². The fourth-order valence-corrected chi connectivity index (χ4v) is 3.14. The van der Waals surface area contributed by atoms with Gasteiger partial charge in [-0.15, -0.1) is 0 Å². The van der Waals surface area contributed by atoms with E-state index < -0.39 is 0 Å². The highest BCUT2D eigenvalue weighted by atomic mass is 16.5. The second kappa shape index (κ2) is 9.22. The first-order chi connectivity index (χ1) is 13.2. The molecular formula is C24H27NO2. The summed E-state index contributed by atoms with van der Waals surface area (Å²) in [6.45, 7) is 4.21. The summed E-state index contributed by atoms with van der Waals surface area (Å²) in [6, 6.07) is 21.8. The maximum absolute atomic E-state index is 9.92. The molecule has 0 aliphatic heterocycles. The second-order valence-electron chi connectivity index (χ2n) is 6.71. The zero-order valence-corrected chi connectivity index (χ0v) is 16.1. The third-order valence-electron chi connectivity index (χ3n) is 4.70. The molecule has 1 heterocycles. The second-order valence-corrected chi connectivity index (χ2v) is 6.71. The average Bonchev–Trinajstić information content (AvgIpc) is 2.73. The number of phenolic OH excluding ortho intramolecular Hbond substituents is 1. The first kappa shape index (κ1) is 19.0. The number of nitrogens with zero attached hydrogens (tertiary/aromatic N) is 1. The van der Waals surface area contributed by atoms with E-state index in [1.165, 1.54) is 0 Å². The van der Waals surface area contributed by atoms with Crippen molar-refractivity contribution in [3.05, 3.63) is 78.0 Å². The minimum Gasteiger partial charge on any atom is -0.508 e. The minimum atomic E-state index is -0.108. The lowest BCUT2D eigenvalue weighted by atomic mass is 10.1. The number of ether oxygens (including phenoxy) is 1. The van der Waals surface area contributed by atoms with Crippen molar-refractivity contribution in [2.75, 3.05) is 0 Å². The maximum atomic E-state index is 9.92. The normalized spacial score (nSPS) is 11.9. The third-order valence-corrected chi connectivity index (χ3v) is 4.70. The highest BCUT2D eigenvalue weighted by molar-refractivity contribution is 5.58. The smallest absolute Gasteiger partial charge is 0.141 e. The number of pyridine rings is 1. The first-order valence-corrected chi connectivity index (χ1v) is 9.72. The molecule has 0 fully saturated rings. The fourth-order valence-electron chi connectivity index (χ4n) is 3.14. The SMILES string of the molecule is CCCCC(Oc1ccc(O)c(CC)c1)c1cccc(-c2ccccc2)n1. The van der Waals surface area contributed by atoms with Crippen LogP contribution >= 0.6 is 0 Å². The Morgan fingerprint density at radius 3 is 2.52 bits per heavy atom. The van der Waals surface area contributed by atoms with Crippen LogP contribution in [-0.4, -0.2) is 10.1 Å². The third kappa shape index (κ3) is 4.88. The Labute approximate surface area is 161 Å². The van der Waals surface area contributed by atoms with E-state index in [1.807, 2.05) is 55.5 Å². The van der Waals surface area contributed by atoms with Crippen LogP contribution in [0.1, 0.15) is 50.5 Å². The average molecular weight is 361 g/mol. The van der Waals surface area contributed by atoms with Crippen molar-refractivity contribution >= 4 is 0 Å². The van der Waals surface area contributed by atoms with E-state index in [2.05, 4.69) is 19.1 Å². The Morgan fingerprint density at radius 2 is 1.78 bits per heavy atom. The number of rotatable bonds is 8. The molecule has 0 bridgehead atoms. The molecule has 140 valence electrons. The molecule has 0 spiro atoms. The minimum absolute atomic E-state index is 0.108. The van der Waals surface area contributed by atoms with Gasteiger partial charge >= 0.3 is 0 Å². The highest BCUT2D eigenvalue weighted by Crippen LogP contribution is 2.30. The lowest BCUT2D eigenvalue weighted by Gasteiger charge is -2.20. The molecule has 27 heavy (non-hydrogen) atoms. The van der Waals surface area contributed by atoms with Crippen molar-refractivity contribution < 1.29 is 9.84 Å². The lowest BCUT2D eigenvalue weighted by Crippen LogP contribution is -2.10. The first-order valence-electron chi connectivity index (χ1n) is 9.72.